The molecule has 6 heteroatoms. The van der Waals surface area contributed by atoms with Gasteiger partial charge < -0.3 is 9.88 Å². The zero-order valence-electron chi connectivity index (χ0n) is 11.7. The third kappa shape index (κ3) is 2.60. The van der Waals surface area contributed by atoms with Crippen LogP contribution in [-0.4, -0.2) is 27.0 Å². The minimum Gasteiger partial charge on any atom is -0.351 e. The summed E-state index contributed by atoms with van der Waals surface area (Å²) in [6, 6.07) is 0. The second kappa shape index (κ2) is 5.36. The summed E-state index contributed by atoms with van der Waals surface area (Å²) in [7, 11) is 0. The fourth-order valence-corrected chi connectivity index (χ4v) is 3.50. The third-order valence-electron chi connectivity index (χ3n) is 3.69. The number of rotatable bonds is 3. The van der Waals surface area contributed by atoms with Crippen molar-refractivity contribution >= 4 is 17.2 Å². The lowest BCUT2D eigenvalue weighted by atomic mass is 9.99. The first-order chi connectivity index (χ1) is 9.63. The van der Waals surface area contributed by atoms with Gasteiger partial charge in [-0.3, -0.25) is 4.79 Å². The summed E-state index contributed by atoms with van der Waals surface area (Å²) in [4.78, 5) is 21.5. The summed E-state index contributed by atoms with van der Waals surface area (Å²) >= 11 is 1.46. The van der Waals surface area contributed by atoms with Gasteiger partial charge in [-0.1, -0.05) is 0 Å². The number of hydrogen-bond acceptors (Lipinski definition) is 4. The van der Waals surface area contributed by atoms with Gasteiger partial charge in [0.15, 0.2) is 0 Å². The van der Waals surface area contributed by atoms with Gasteiger partial charge in [0, 0.05) is 31.9 Å². The van der Waals surface area contributed by atoms with Crippen molar-refractivity contribution in [3.8, 4) is 0 Å². The van der Waals surface area contributed by atoms with E-state index in [0.29, 0.717) is 12.5 Å². The Balaban J connectivity index is 1.58. The number of carbonyl (C=O) groups is 1. The molecule has 1 aliphatic rings. The topological polar surface area (TPSA) is 59.8 Å². The number of aryl methyl sites for hydroxylation is 3. The molecule has 1 amide bonds. The molecule has 0 aliphatic carbocycles. The number of thiazole rings is 1. The van der Waals surface area contributed by atoms with E-state index in [1.807, 2.05) is 26.2 Å². The van der Waals surface area contributed by atoms with Gasteiger partial charge in [0.2, 0.25) is 0 Å². The van der Waals surface area contributed by atoms with E-state index in [9.17, 15) is 4.79 Å². The highest BCUT2D eigenvalue weighted by Crippen LogP contribution is 2.19. The van der Waals surface area contributed by atoms with E-state index < -0.39 is 0 Å². The van der Waals surface area contributed by atoms with Crippen LogP contribution in [0.4, 0.5) is 0 Å². The third-order valence-corrected chi connectivity index (χ3v) is 4.77. The minimum atomic E-state index is 0.00419. The van der Waals surface area contributed by atoms with Crippen molar-refractivity contribution in [1.82, 2.24) is 19.9 Å². The second-order valence-corrected chi connectivity index (χ2v) is 6.46. The summed E-state index contributed by atoms with van der Waals surface area (Å²) in [6.07, 6.45) is 5.93. The van der Waals surface area contributed by atoms with Crippen molar-refractivity contribution in [2.75, 3.05) is 6.54 Å². The van der Waals surface area contributed by atoms with Crippen molar-refractivity contribution in [3.05, 3.63) is 33.8 Å². The molecule has 106 valence electrons. The predicted molar refractivity (Wildman–Crippen MR) is 78.0 cm³/mol. The van der Waals surface area contributed by atoms with Gasteiger partial charge in [0.25, 0.3) is 5.91 Å². The number of nitrogens with zero attached hydrogens (tertiary/aromatic N) is 3. The lowest BCUT2D eigenvalue weighted by Crippen LogP contribution is -2.33. The van der Waals surface area contributed by atoms with Crippen molar-refractivity contribution in [2.45, 2.75) is 33.2 Å². The van der Waals surface area contributed by atoms with Gasteiger partial charge in [0.1, 0.15) is 10.7 Å². The molecule has 5 nitrogen and oxygen atoms in total. The number of fused-ring (bicyclic) bond motifs is 1. The SMILES string of the molecule is Cc1nc(C)c(C(=O)NC[C@@H]2CCc3nccn3C2)s1. The number of aromatic nitrogens is 3. The molecule has 0 aromatic carbocycles. The normalized spacial score (nSPS) is 17.8. The largest absolute Gasteiger partial charge is 0.351 e. The van der Waals surface area contributed by atoms with Crippen LogP contribution in [0.25, 0.3) is 0 Å². The highest BCUT2D eigenvalue weighted by molar-refractivity contribution is 7.13. The van der Waals surface area contributed by atoms with E-state index in [1.54, 1.807) is 0 Å². The highest BCUT2D eigenvalue weighted by Gasteiger charge is 2.20. The van der Waals surface area contributed by atoms with Crippen LogP contribution in [0.3, 0.4) is 0 Å². The zero-order chi connectivity index (χ0) is 14.1. The van der Waals surface area contributed by atoms with Crippen LogP contribution in [0.5, 0.6) is 0 Å². The first kappa shape index (κ1) is 13.3. The van der Waals surface area contributed by atoms with E-state index in [0.717, 1.165) is 40.8 Å². The molecule has 0 bridgehead atoms. The quantitative estimate of drug-likeness (QED) is 0.940. The molecule has 1 N–H and O–H groups in total. The van der Waals surface area contributed by atoms with Crippen LogP contribution in [0.2, 0.25) is 0 Å². The van der Waals surface area contributed by atoms with Crippen LogP contribution < -0.4 is 5.32 Å². The first-order valence-electron chi connectivity index (χ1n) is 6.85. The van der Waals surface area contributed by atoms with Gasteiger partial charge in [0.05, 0.1) is 10.7 Å². The molecule has 0 unspecified atom stereocenters. The van der Waals surface area contributed by atoms with E-state index in [4.69, 9.17) is 0 Å². The molecule has 0 radical (unpaired) electrons. The van der Waals surface area contributed by atoms with Crippen LogP contribution in [0, 0.1) is 19.8 Å². The summed E-state index contributed by atoms with van der Waals surface area (Å²) in [5, 5.41) is 3.98. The van der Waals surface area contributed by atoms with E-state index in [-0.39, 0.29) is 5.91 Å². The van der Waals surface area contributed by atoms with Crippen LogP contribution in [0.1, 0.15) is 32.6 Å². The van der Waals surface area contributed by atoms with Crippen LogP contribution in [0.15, 0.2) is 12.4 Å². The fourth-order valence-electron chi connectivity index (χ4n) is 2.66. The lowest BCUT2D eigenvalue weighted by molar-refractivity contribution is 0.0947. The number of imidazole rings is 1. The van der Waals surface area contributed by atoms with Crippen LogP contribution >= 0.6 is 11.3 Å². The van der Waals surface area contributed by atoms with E-state index in [2.05, 4.69) is 19.9 Å². The molecule has 3 heterocycles. The Hall–Kier alpha value is -1.69. The van der Waals surface area contributed by atoms with Gasteiger partial charge in [-0.05, 0) is 26.2 Å². The molecule has 0 spiro atoms. The van der Waals surface area contributed by atoms with Crippen molar-refractivity contribution in [1.29, 1.82) is 0 Å². The maximum absolute atomic E-state index is 12.2. The Morgan fingerprint density at radius 3 is 3.15 bits per heavy atom. The Bertz CT molecular complexity index is 631. The maximum atomic E-state index is 12.2. The number of nitrogens with one attached hydrogen (secondary N) is 1. The summed E-state index contributed by atoms with van der Waals surface area (Å²) < 4.78 is 2.18. The molecule has 0 fully saturated rings. The maximum Gasteiger partial charge on any atom is 0.263 e. The summed E-state index contributed by atoms with van der Waals surface area (Å²) in [5.74, 6) is 1.64. The Kier molecular flexibility index (Phi) is 3.56. The zero-order valence-corrected chi connectivity index (χ0v) is 12.5. The van der Waals surface area contributed by atoms with Gasteiger partial charge in [-0.25, -0.2) is 9.97 Å². The van der Waals surface area contributed by atoms with Gasteiger partial charge in [-0.15, -0.1) is 11.3 Å². The van der Waals surface area contributed by atoms with E-state index >= 15 is 0 Å². The lowest BCUT2D eigenvalue weighted by Gasteiger charge is -2.23. The van der Waals surface area contributed by atoms with Crippen molar-refractivity contribution in [3.63, 3.8) is 0 Å². The Morgan fingerprint density at radius 2 is 2.40 bits per heavy atom. The van der Waals surface area contributed by atoms with Gasteiger partial charge in [-0.2, -0.15) is 0 Å². The molecular weight excluding hydrogens is 272 g/mol. The van der Waals surface area contributed by atoms with Gasteiger partial charge >= 0.3 is 0 Å². The molecule has 3 rings (SSSR count). The molecule has 2 aromatic heterocycles. The second-order valence-electron chi connectivity index (χ2n) is 5.26. The molecule has 1 atom stereocenters. The number of carbonyl (C=O) groups excluding carboxylic acids is 1. The standard InChI is InChI=1S/C14H18N4OS/c1-9-13(20-10(2)17-9)14(19)16-7-11-3-4-12-15-5-6-18(12)8-11/h5-6,11H,3-4,7-8H2,1-2H3,(H,16,19)/t11-/m0/s1. The van der Waals surface area contributed by atoms with Crippen LogP contribution in [-0.2, 0) is 13.0 Å². The average molecular weight is 290 g/mol. The highest BCUT2D eigenvalue weighted by atomic mass is 32.1. The Morgan fingerprint density at radius 1 is 1.55 bits per heavy atom. The Labute approximate surface area is 122 Å². The molecular formula is C14H18N4OS. The van der Waals surface area contributed by atoms with Crippen molar-refractivity contribution < 1.29 is 4.79 Å². The molecule has 20 heavy (non-hydrogen) atoms. The fraction of sp³-hybridized carbons (Fsp3) is 0.500. The molecule has 2 aromatic rings. The summed E-state index contributed by atoms with van der Waals surface area (Å²) in [5.41, 5.74) is 0.825. The molecule has 0 saturated heterocycles. The predicted octanol–water partition coefficient (Wildman–Crippen LogP) is 1.95. The molecule has 0 saturated carbocycles. The summed E-state index contributed by atoms with van der Waals surface area (Å²) in [6.45, 7) is 5.47. The van der Waals surface area contributed by atoms with E-state index in [1.165, 1.54) is 11.3 Å². The average Bonchev–Trinajstić information content (AvgIpc) is 3.01. The monoisotopic (exact) mass is 290 g/mol. The number of amides is 1. The van der Waals surface area contributed by atoms with Crippen molar-refractivity contribution in [2.24, 2.45) is 5.92 Å². The smallest absolute Gasteiger partial charge is 0.263 e. The minimum absolute atomic E-state index is 0.00419. The first-order valence-corrected chi connectivity index (χ1v) is 7.67. The number of hydrogen-bond donors (Lipinski definition) is 1. The molecule has 1 aliphatic heterocycles.